The van der Waals surface area contributed by atoms with Crippen LogP contribution in [0.4, 0.5) is 5.69 Å². The first-order valence-electron chi connectivity index (χ1n) is 9.91. The fourth-order valence-electron chi connectivity index (χ4n) is 3.74. The van der Waals surface area contributed by atoms with Gasteiger partial charge in [0, 0.05) is 43.4 Å². The van der Waals surface area contributed by atoms with Gasteiger partial charge in [-0.3, -0.25) is 14.6 Å². The summed E-state index contributed by atoms with van der Waals surface area (Å²) in [7, 11) is 0. The Balaban J connectivity index is 1.29. The average molecular weight is 416 g/mol. The van der Waals surface area contributed by atoms with Crippen molar-refractivity contribution in [1.82, 2.24) is 9.80 Å². The van der Waals surface area contributed by atoms with E-state index in [1.165, 1.54) is 5.56 Å². The van der Waals surface area contributed by atoms with Gasteiger partial charge in [0.25, 0.3) is 0 Å². The molecule has 0 bridgehead atoms. The number of aryl methyl sites for hydroxylation is 1. The van der Waals surface area contributed by atoms with Crippen molar-refractivity contribution >= 4 is 23.2 Å². The maximum Gasteiger partial charge on any atom is 0.241 e. The molecule has 7 heteroatoms. The number of nitrogens with one attached hydrogen (secondary N) is 1. The van der Waals surface area contributed by atoms with Crippen molar-refractivity contribution in [2.75, 3.05) is 38.3 Å². The van der Waals surface area contributed by atoms with Crippen molar-refractivity contribution in [3.8, 4) is 11.5 Å². The van der Waals surface area contributed by atoms with Gasteiger partial charge in [-0.15, -0.1) is 0 Å². The van der Waals surface area contributed by atoms with Crippen LogP contribution in [0.2, 0.25) is 5.02 Å². The third kappa shape index (κ3) is 4.66. The quantitative estimate of drug-likeness (QED) is 0.809. The van der Waals surface area contributed by atoms with E-state index in [1.54, 1.807) is 6.07 Å². The summed E-state index contributed by atoms with van der Waals surface area (Å²) in [5.74, 6) is 1.63. The van der Waals surface area contributed by atoms with Crippen LogP contribution in [0.5, 0.6) is 11.5 Å². The number of anilines is 1. The van der Waals surface area contributed by atoms with Gasteiger partial charge in [0.05, 0.1) is 6.04 Å². The molecule has 0 spiro atoms. The number of hydrogen-bond donors (Lipinski definition) is 1. The van der Waals surface area contributed by atoms with Crippen LogP contribution in [0.15, 0.2) is 36.4 Å². The number of halogens is 1. The maximum atomic E-state index is 12.7. The molecule has 0 unspecified atom stereocenters. The first kappa shape index (κ1) is 20.0. The van der Waals surface area contributed by atoms with Crippen molar-refractivity contribution in [3.05, 3.63) is 52.5 Å². The number of nitrogens with zero attached hydrogens (tertiary/aromatic N) is 2. The summed E-state index contributed by atoms with van der Waals surface area (Å²) < 4.78 is 10.8. The van der Waals surface area contributed by atoms with Crippen molar-refractivity contribution < 1.29 is 14.3 Å². The number of benzene rings is 2. The molecule has 1 amide bonds. The van der Waals surface area contributed by atoms with E-state index in [0.29, 0.717) is 11.8 Å². The van der Waals surface area contributed by atoms with E-state index >= 15 is 0 Å². The van der Waals surface area contributed by atoms with Gasteiger partial charge in [-0.05, 0) is 49.2 Å². The number of rotatable bonds is 5. The van der Waals surface area contributed by atoms with Crippen molar-refractivity contribution in [2.45, 2.75) is 26.4 Å². The smallest absolute Gasteiger partial charge is 0.241 e. The summed E-state index contributed by atoms with van der Waals surface area (Å²) in [6.45, 7) is 8.64. The number of carbonyl (C=O) groups excluding carboxylic acids is 1. The van der Waals surface area contributed by atoms with Gasteiger partial charge in [-0.1, -0.05) is 23.7 Å². The number of fused-ring (bicyclic) bond motifs is 1. The highest BCUT2D eigenvalue weighted by molar-refractivity contribution is 6.31. The third-order valence-corrected chi connectivity index (χ3v) is 5.87. The highest BCUT2D eigenvalue weighted by Crippen LogP contribution is 2.33. The normalized spacial score (nSPS) is 17.9. The molecule has 0 aromatic heterocycles. The minimum absolute atomic E-state index is 0.000382. The maximum absolute atomic E-state index is 12.7. The zero-order valence-electron chi connectivity index (χ0n) is 16.8. The molecular formula is C22H26ClN3O3. The Morgan fingerprint density at radius 1 is 1.10 bits per heavy atom. The lowest BCUT2D eigenvalue weighted by Gasteiger charge is -2.37. The average Bonchev–Trinajstić information content (AvgIpc) is 3.18. The van der Waals surface area contributed by atoms with Gasteiger partial charge >= 0.3 is 0 Å². The van der Waals surface area contributed by atoms with Crippen LogP contribution >= 0.6 is 11.6 Å². The van der Waals surface area contributed by atoms with Crippen LogP contribution in [0.25, 0.3) is 0 Å². The Bertz CT molecular complexity index is 897. The molecule has 0 radical (unpaired) electrons. The van der Waals surface area contributed by atoms with Gasteiger partial charge in [-0.25, -0.2) is 0 Å². The third-order valence-electron chi connectivity index (χ3n) is 5.63. The van der Waals surface area contributed by atoms with Gasteiger partial charge in [-0.2, -0.15) is 0 Å². The molecule has 4 rings (SSSR count). The van der Waals surface area contributed by atoms with Gasteiger partial charge in [0.15, 0.2) is 11.5 Å². The Hall–Kier alpha value is -2.28. The van der Waals surface area contributed by atoms with E-state index in [-0.39, 0.29) is 11.9 Å². The van der Waals surface area contributed by atoms with E-state index in [0.717, 1.165) is 55.5 Å². The van der Waals surface area contributed by atoms with E-state index in [1.807, 2.05) is 32.0 Å². The molecule has 0 aliphatic carbocycles. The standard InChI is InChI=1S/C22H26ClN3O3/c1-15-3-5-18(23)12-19(15)24-22(27)16(2)26-9-7-25(8-10-26)13-17-4-6-20-21(11-17)29-14-28-20/h3-6,11-12,16H,7-10,13-14H2,1-2H3,(H,24,27)/t16-/m0/s1. The lowest BCUT2D eigenvalue weighted by atomic mass is 10.1. The second-order valence-electron chi connectivity index (χ2n) is 7.62. The fraction of sp³-hybridized carbons (Fsp3) is 0.409. The van der Waals surface area contributed by atoms with Crippen LogP contribution in [0, 0.1) is 6.92 Å². The summed E-state index contributed by atoms with van der Waals surface area (Å²) >= 11 is 6.06. The lowest BCUT2D eigenvalue weighted by Crippen LogP contribution is -2.52. The highest BCUT2D eigenvalue weighted by Gasteiger charge is 2.26. The largest absolute Gasteiger partial charge is 0.454 e. The minimum atomic E-state index is -0.193. The van der Waals surface area contributed by atoms with E-state index in [2.05, 4.69) is 27.2 Å². The first-order valence-corrected chi connectivity index (χ1v) is 10.3. The second kappa shape index (κ2) is 8.61. The Labute approximate surface area is 176 Å². The minimum Gasteiger partial charge on any atom is -0.454 e. The molecule has 2 aliphatic heterocycles. The van der Waals surface area contributed by atoms with E-state index in [9.17, 15) is 4.79 Å². The topological polar surface area (TPSA) is 54.0 Å². The number of carbonyl (C=O) groups is 1. The predicted molar refractivity (Wildman–Crippen MR) is 114 cm³/mol. The van der Waals surface area contributed by atoms with Gasteiger partial charge in [0.1, 0.15) is 0 Å². The number of ether oxygens (including phenoxy) is 2. The van der Waals surface area contributed by atoms with Crippen LogP contribution in [-0.4, -0.2) is 54.7 Å². The van der Waals surface area contributed by atoms with Crippen LogP contribution in [-0.2, 0) is 11.3 Å². The zero-order chi connectivity index (χ0) is 20.4. The van der Waals surface area contributed by atoms with Gasteiger partial charge in [0.2, 0.25) is 12.7 Å². The number of piperazine rings is 1. The summed E-state index contributed by atoms with van der Waals surface area (Å²) in [6.07, 6.45) is 0. The summed E-state index contributed by atoms with van der Waals surface area (Å²) in [4.78, 5) is 17.4. The molecule has 1 fully saturated rings. The van der Waals surface area contributed by atoms with E-state index in [4.69, 9.17) is 21.1 Å². The van der Waals surface area contributed by atoms with E-state index < -0.39 is 0 Å². The molecule has 2 aliphatic rings. The Kier molecular flexibility index (Phi) is 5.94. The van der Waals surface area contributed by atoms with Crippen LogP contribution < -0.4 is 14.8 Å². The molecule has 1 saturated heterocycles. The van der Waals surface area contributed by atoms with Gasteiger partial charge < -0.3 is 14.8 Å². The van der Waals surface area contributed by atoms with Crippen molar-refractivity contribution in [3.63, 3.8) is 0 Å². The Morgan fingerprint density at radius 2 is 1.86 bits per heavy atom. The molecule has 2 heterocycles. The molecule has 6 nitrogen and oxygen atoms in total. The molecule has 2 aromatic rings. The second-order valence-corrected chi connectivity index (χ2v) is 8.06. The first-order chi connectivity index (χ1) is 14.0. The SMILES string of the molecule is Cc1ccc(Cl)cc1NC(=O)[C@H](C)N1CCN(Cc2ccc3c(c2)OCO3)CC1. The summed E-state index contributed by atoms with van der Waals surface area (Å²) in [6, 6.07) is 11.5. The molecule has 29 heavy (non-hydrogen) atoms. The molecule has 154 valence electrons. The fourth-order valence-corrected chi connectivity index (χ4v) is 3.91. The highest BCUT2D eigenvalue weighted by atomic mass is 35.5. The summed E-state index contributed by atoms with van der Waals surface area (Å²) in [5, 5.41) is 3.64. The van der Waals surface area contributed by atoms with Crippen molar-refractivity contribution in [1.29, 1.82) is 0 Å². The molecular weight excluding hydrogens is 390 g/mol. The lowest BCUT2D eigenvalue weighted by molar-refractivity contribution is -0.121. The van der Waals surface area contributed by atoms with Crippen LogP contribution in [0.1, 0.15) is 18.1 Å². The summed E-state index contributed by atoms with van der Waals surface area (Å²) in [5.41, 5.74) is 2.99. The molecule has 1 atom stereocenters. The monoisotopic (exact) mass is 415 g/mol. The predicted octanol–water partition coefficient (Wildman–Crippen LogP) is 3.52. The van der Waals surface area contributed by atoms with Crippen LogP contribution in [0.3, 0.4) is 0 Å². The zero-order valence-corrected chi connectivity index (χ0v) is 17.5. The number of hydrogen-bond acceptors (Lipinski definition) is 5. The molecule has 0 saturated carbocycles. The molecule has 2 aromatic carbocycles. The Morgan fingerprint density at radius 3 is 2.66 bits per heavy atom. The molecule has 1 N–H and O–H groups in total. The number of amides is 1. The van der Waals surface area contributed by atoms with Crippen molar-refractivity contribution in [2.24, 2.45) is 0 Å².